The van der Waals surface area contributed by atoms with E-state index >= 15 is 0 Å². The van der Waals surface area contributed by atoms with Crippen LogP contribution in [0.25, 0.3) is 0 Å². The van der Waals surface area contributed by atoms with Gasteiger partial charge in [-0.3, -0.25) is 0 Å². The summed E-state index contributed by atoms with van der Waals surface area (Å²) in [7, 11) is 0. The van der Waals surface area contributed by atoms with Gasteiger partial charge in [-0.15, -0.1) is 0 Å². The number of morpholine rings is 1. The molecule has 3 nitrogen and oxygen atoms in total. The average Bonchev–Trinajstić information content (AvgIpc) is 2.34. The predicted octanol–water partition coefficient (Wildman–Crippen LogP) is 2.32. The van der Waals surface area contributed by atoms with Crippen LogP contribution in [0.15, 0.2) is 36.4 Å². The summed E-state index contributed by atoms with van der Waals surface area (Å²) in [5.74, 6) is -0.0603. The Morgan fingerprint density at radius 1 is 1.59 bits per heavy atom. The average molecular weight is 241 g/mol. The molecule has 1 saturated heterocycles. The van der Waals surface area contributed by atoms with E-state index < -0.39 is 5.83 Å². The van der Waals surface area contributed by atoms with Gasteiger partial charge in [-0.1, -0.05) is 20.1 Å². The molecule has 0 saturated carbocycles. The van der Waals surface area contributed by atoms with Gasteiger partial charge in [-0.05, 0) is 12.0 Å². The molecule has 1 N–H and O–H groups in total. The van der Waals surface area contributed by atoms with Crippen molar-refractivity contribution in [3.63, 3.8) is 0 Å². The number of nitrogens with one attached hydrogen (secondary N) is 1. The third kappa shape index (κ3) is 5.15. The van der Waals surface area contributed by atoms with Crippen LogP contribution in [0, 0.1) is 0 Å². The molecule has 1 unspecified atom stereocenters. The molecule has 0 aromatic heterocycles. The molecule has 1 atom stereocenters. The van der Waals surface area contributed by atoms with E-state index in [0.717, 1.165) is 18.7 Å². The molecule has 1 heterocycles. The maximum absolute atomic E-state index is 12.8. The highest BCUT2D eigenvalue weighted by Gasteiger charge is 2.14. The van der Waals surface area contributed by atoms with E-state index in [1.54, 1.807) is 0 Å². The molecular weight excluding hydrogens is 221 g/mol. The molecule has 17 heavy (non-hydrogen) atoms. The van der Waals surface area contributed by atoms with Crippen molar-refractivity contribution in [2.24, 2.45) is 0 Å². The smallest absolute Gasteiger partial charge is 0.124 e. The molecule has 1 aliphatic rings. The molecule has 0 amide bonds. The molecule has 0 aromatic carbocycles. The van der Waals surface area contributed by atoms with Gasteiger partial charge in [0.05, 0.1) is 19.3 Å². The monoisotopic (exact) mass is 241 g/mol. The van der Waals surface area contributed by atoms with Gasteiger partial charge in [0, 0.05) is 12.6 Å². The van der Waals surface area contributed by atoms with Gasteiger partial charge < -0.3 is 14.8 Å². The Morgan fingerprint density at radius 3 is 2.88 bits per heavy atom. The summed E-state index contributed by atoms with van der Waals surface area (Å²) < 4.78 is 23.7. The van der Waals surface area contributed by atoms with Gasteiger partial charge in [0.2, 0.25) is 0 Å². The third-order valence-corrected chi connectivity index (χ3v) is 2.50. The molecule has 1 fully saturated rings. The van der Waals surface area contributed by atoms with Crippen molar-refractivity contribution >= 4 is 0 Å². The van der Waals surface area contributed by atoms with Gasteiger partial charge >= 0.3 is 0 Å². The van der Waals surface area contributed by atoms with E-state index in [-0.39, 0.29) is 6.04 Å². The largest absolute Gasteiger partial charge is 0.492 e. The van der Waals surface area contributed by atoms with Crippen molar-refractivity contribution in [2.45, 2.75) is 19.4 Å². The van der Waals surface area contributed by atoms with Crippen molar-refractivity contribution in [1.82, 2.24) is 5.32 Å². The minimum Gasteiger partial charge on any atom is -0.492 e. The summed E-state index contributed by atoms with van der Waals surface area (Å²) >= 11 is 0. The maximum Gasteiger partial charge on any atom is 0.124 e. The van der Waals surface area contributed by atoms with Crippen molar-refractivity contribution in [3.8, 4) is 0 Å². The van der Waals surface area contributed by atoms with E-state index in [1.165, 1.54) is 6.08 Å². The number of allylic oxidation sites excluding steroid dienone is 3. The van der Waals surface area contributed by atoms with E-state index in [2.05, 4.69) is 18.5 Å². The molecule has 0 aromatic rings. The Kier molecular flexibility index (Phi) is 5.94. The zero-order chi connectivity index (χ0) is 12.7. The van der Waals surface area contributed by atoms with Crippen molar-refractivity contribution in [3.05, 3.63) is 36.4 Å². The van der Waals surface area contributed by atoms with Crippen LogP contribution in [-0.4, -0.2) is 32.4 Å². The number of rotatable bonds is 6. The Hall–Kier alpha value is -1.13. The van der Waals surface area contributed by atoms with E-state index in [0.29, 0.717) is 25.4 Å². The lowest BCUT2D eigenvalue weighted by Crippen LogP contribution is -2.44. The van der Waals surface area contributed by atoms with Crippen molar-refractivity contribution in [1.29, 1.82) is 0 Å². The van der Waals surface area contributed by atoms with Gasteiger partial charge in [0.25, 0.3) is 0 Å². The third-order valence-electron chi connectivity index (χ3n) is 2.50. The minimum absolute atomic E-state index is 0.143. The summed E-state index contributed by atoms with van der Waals surface area (Å²) in [5.41, 5.74) is 0.764. The first-order chi connectivity index (χ1) is 8.13. The molecule has 0 bridgehead atoms. The minimum atomic E-state index is -0.526. The SMILES string of the molecule is C=C(F)/C=C(/OCC1COCCN1)C(=C)CC. The summed E-state index contributed by atoms with van der Waals surface area (Å²) in [5, 5.41) is 3.26. The van der Waals surface area contributed by atoms with Crippen LogP contribution in [0.4, 0.5) is 4.39 Å². The van der Waals surface area contributed by atoms with Crippen LogP contribution in [-0.2, 0) is 9.47 Å². The quantitative estimate of drug-likeness (QED) is 0.572. The summed E-state index contributed by atoms with van der Waals surface area (Å²) in [4.78, 5) is 0. The molecular formula is C13H20FNO2. The fraction of sp³-hybridized carbons (Fsp3) is 0.538. The topological polar surface area (TPSA) is 30.5 Å². The number of hydrogen-bond donors (Lipinski definition) is 1. The highest BCUT2D eigenvalue weighted by atomic mass is 19.1. The highest BCUT2D eigenvalue weighted by Crippen LogP contribution is 2.16. The number of hydrogen-bond acceptors (Lipinski definition) is 3. The number of ether oxygens (including phenoxy) is 2. The summed E-state index contributed by atoms with van der Waals surface area (Å²) in [6, 6.07) is 0.143. The van der Waals surface area contributed by atoms with E-state index in [4.69, 9.17) is 9.47 Å². The van der Waals surface area contributed by atoms with Gasteiger partial charge in [0.1, 0.15) is 18.2 Å². The Balaban J connectivity index is 2.48. The van der Waals surface area contributed by atoms with Gasteiger partial charge in [-0.2, -0.15) is 0 Å². The summed E-state index contributed by atoms with van der Waals surface area (Å²) in [6.07, 6.45) is 1.99. The van der Waals surface area contributed by atoms with Crippen LogP contribution in [0.2, 0.25) is 0 Å². The Morgan fingerprint density at radius 2 is 2.35 bits per heavy atom. The van der Waals surface area contributed by atoms with E-state index in [1.807, 2.05) is 6.92 Å². The second-order valence-electron chi connectivity index (χ2n) is 3.95. The lowest BCUT2D eigenvalue weighted by molar-refractivity contribution is 0.0472. The van der Waals surface area contributed by atoms with E-state index in [9.17, 15) is 4.39 Å². The molecule has 0 radical (unpaired) electrons. The molecule has 96 valence electrons. The zero-order valence-electron chi connectivity index (χ0n) is 10.3. The molecule has 1 rings (SSSR count). The Bertz CT molecular complexity index is 307. The normalized spacial score (nSPS) is 21.1. The van der Waals surface area contributed by atoms with Crippen LogP contribution >= 0.6 is 0 Å². The second-order valence-corrected chi connectivity index (χ2v) is 3.95. The van der Waals surface area contributed by atoms with Crippen molar-refractivity contribution < 1.29 is 13.9 Å². The lowest BCUT2D eigenvalue weighted by atomic mass is 10.2. The van der Waals surface area contributed by atoms with Crippen molar-refractivity contribution in [2.75, 3.05) is 26.4 Å². The lowest BCUT2D eigenvalue weighted by Gasteiger charge is -2.24. The maximum atomic E-state index is 12.8. The van der Waals surface area contributed by atoms with Crippen LogP contribution in [0.1, 0.15) is 13.3 Å². The Labute approximate surface area is 102 Å². The first-order valence-electron chi connectivity index (χ1n) is 5.81. The fourth-order valence-corrected chi connectivity index (χ4v) is 1.48. The van der Waals surface area contributed by atoms with Gasteiger partial charge in [-0.25, -0.2) is 4.39 Å². The first kappa shape index (κ1) is 13.9. The van der Waals surface area contributed by atoms with Crippen LogP contribution < -0.4 is 5.32 Å². The number of halogens is 1. The fourth-order valence-electron chi connectivity index (χ4n) is 1.48. The molecule has 0 aliphatic carbocycles. The molecule has 1 aliphatic heterocycles. The molecule has 0 spiro atoms. The zero-order valence-corrected chi connectivity index (χ0v) is 10.3. The summed E-state index contributed by atoms with van der Waals surface area (Å²) in [6.45, 7) is 11.6. The second kappa shape index (κ2) is 7.25. The van der Waals surface area contributed by atoms with Gasteiger partial charge in [0.15, 0.2) is 0 Å². The standard InChI is InChI=1S/C13H20FNO2/c1-4-10(2)13(7-11(3)14)17-9-12-8-16-6-5-15-12/h7,12,15H,2-6,8-9H2,1H3/b13-7+. The molecule has 4 heteroatoms. The first-order valence-corrected chi connectivity index (χ1v) is 5.81. The van der Waals surface area contributed by atoms with Crippen LogP contribution in [0.5, 0.6) is 0 Å². The van der Waals surface area contributed by atoms with Crippen LogP contribution in [0.3, 0.4) is 0 Å². The highest BCUT2D eigenvalue weighted by molar-refractivity contribution is 5.27. The predicted molar refractivity (Wildman–Crippen MR) is 66.3 cm³/mol.